The minimum Gasteiger partial charge on any atom is -0.385 e. The van der Waals surface area contributed by atoms with Crippen molar-refractivity contribution in [2.75, 3.05) is 20.3 Å². The van der Waals surface area contributed by atoms with Crippen molar-refractivity contribution in [3.05, 3.63) is 30.1 Å². The quantitative estimate of drug-likeness (QED) is 0.662. The summed E-state index contributed by atoms with van der Waals surface area (Å²) in [6.45, 7) is 2.62. The van der Waals surface area contributed by atoms with Crippen molar-refractivity contribution < 1.29 is 22.3 Å². The highest BCUT2D eigenvalue weighted by molar-refractivity contribution is 7.89. The van der Waals surface area contributed by atoms with Crippen molar-refractivity contribution in [2.45, 2.75) is 30.7 Å². The van der Waals surface area contributed by atoms with Gasteiger partial charge in [0.1, 0.15) is 11.9 Å². The molecule has 1 aromatic rings. The molecular weight excluding hydrogens is 311 g/mol. The molecule has 0 bridgehead atoms. The number of hydrogen-bond acceptors (Lipinski definition) is 4. The van der Waals surface area contributed by atoms with Crippen LogP contribution >= 0.6 is 0 Å². The average Bonchev–Trinajstić information content (AvgIpc) is 2.49. The summed E-state index contributed by atoms with van der Waals surface area (Å²) in [5.41, 5.74) is 0. The van der Waals surface area contributed by atoms with Crippen LogP contribution in [0.3, 0.4) is 0 Å². The number of amides is 1. The number of hydrogen-bond donors (Lipinski definition) is 2. The normalized spacial score (nSPS) is 12.9. The smallest absolute Gasteiger partial charge is 0.241 e. The van der Waals surface area contributed by atoms with E-state index in [0.717, 1.165) is 24.3 Å². The van der Waals surface area contributed by atoms with E-state index in [1.54, 1.807) is 14.0 Å². The predicted octanol–water partition coefficient (Wildman–Crippen LogP) is 1.04. The van der Waals surface area contributed by atoms with Crippen LogP contribution in [0.2, 0.25) is 0 Å². The van der Waals surface area contributed by atoms with Crippen molar-refractivity contribution in [1.29, 1.82) is 0 Å². The van der Waals surface area contributed by atoms with E-state index < -0.39 is 27.8 Å². The Bertz CT molecular complexity index is 575. The first-order valence-electron chi connectivity index (χ1n) is 6.95. The van der Waals surface area contributed by atoms with Crippen molar-refractivity contribution in [1.82, 2.24) is 10.0 Å². The summed E-state index contributed by atoms with van der Waals surface area (Å²) in [5, 5.41) is 2.65. The van der Waals surface area contributed by atoms with Gasteiger partial charge in [-0.2, -0.15) is 4.72 Å². The van der Waals surface area contributed by atoms with Crippen molar-refractivity contribution >= 4 is 15.9 Å². The summed E-state index contributed by atoms with van der Waals surface area (Å²) in [5.74, 6) is -0.925. The number of halogens is 1. The van der Waals surface area contributed by atoms with Gasteiger partial charge in [0.05, 0.1) is 4.90 Å². The first-order valence-corrected chi connectivity index (χ1v) is 8.43. The number of sulfonamides is 1. The summed E-state index contributed by atoms with van der Waals surface area (Å²) in [7, 11) is -2.31. The second-order valence-corrected chi connectivity index (χ2v) is 6.39. The molecule has 0 aliphatic rings. The molecule has 1 rings (SSSR count). The van der Waals surface area contributed by atoms with E-state index in [1.165, 1.54) is 0 Å². The van der Waals surface area contributed by atoms with Crippen molar-refractivity contribution in [2.24, 2.45) is 0 Å². The molecule has 0 radical (unpaired) electrons. The zero-order valence-electron chi connectivity index (χ0n) is 12.6. The van der Waals surface area contributed by atoms with E-state index in [9.17, 15) is 17.6 Å². The highest BCUT2D eigenvalue weighted by Crippen LogP contribution is 2.11. The number of benzene rings is 1. The molecule has 0 fully saturated rings. The third-order valence-electron chi connectivity index (χ3n) is 2.97. The second kappa shape index (κ2) is 8.82. The lowest BCUT2D eigenvalue weighted by molar-refractivity contribution is -0.122. The van der Waals surface area contributed by atoms with Gasteiger partial charge in [-0.1, -0.05) is 6.92 Å². The Hall–Kier alpha value is -1.51. The average molecular weight is 332 g/mol. The molecule has 0 saturated heterocycles. The van der Waals surface area contributed by atoms with Crippen LogP contribution in [0.15, 0.2) is 29.2 Å². The van der Waals surface area contributed by atoms with E-state index in [1.807, 2.05) is 0 Å². The fourth-order valence-corrected chi connectivity index (χ4v) is 3.02. The number of ether oxygens (including phenoxy) is 1. The molecule has 0 aliphatic heterocycles. The van der Waals surface area contributed by atoms with Gasteiger partial charge in [-0.15, -0.1) is 0 Å². The van der Waals surface area contributed by atoms with E-state index in [2.05, 4.69) is 10.0 Å². The van der Waals surface area contributed by atoms with E-state index in [4.69, 9.17) is 4.74 Å². The highest BCUT2D eigenvalue weighted by atomic mass is 32.2. The lowest BCUT2D eigenvalue weighted by Gasteiger charge is -2.17. The Balaban J connectivity index is 2.67. The van der Waals surface area contributed by atoms with Gasteiger partial charge >= 0.3 is 0 Å². The Morgan fingerprint density at radius 3 is 2.50 bits per heavy atom. The van der Waals surface area contributed by atoms with Crippen LogP contribution in [0, 0.1) is 5.82 Å². The molecule has 8 heteroatoms. The number of methoxy groups -OCH3 is 1. The van der Waals surface area contributed by atoms with E-state index in [-0.39, 0.29) is 4.90 Å². The van der Waals surface area contributed by atoms with Gasteiger partial charge < -0.3 is 10.1 Å². The Morgan fingerprint density at radius 2 is 1.95 bits per heavy atom. The first kappa shape index (κ1) is 18.5. The summed E-state index contributed by atoms with van der Waals surface area (Å²) >= 11 is 0. The fraction of sp³-hybridized carbons (Fsp3) is 0.500. The maximum absolute atomic E-state index is 12.8. The SMILES string of the molecule is CCC(NS(=O)(=O)c1ccc(F)cc1)C(=O)NCCCOC. The Kier molecular flexibility index (Phi) is 7.43. The molecule has 22 heavy (non-hydrogen) atoms. The second-order valence-electron chi connectivity index (χ2n) is 4.67. The van der Waals surface area contributed by atoms with E-state index >= 15 is 0 Å². The molecule has 0 aliphatic carbocycles. The predicted molar refractivity (Wildman–Crippen MR) is 80.3 cm³/mol. The van der Waals surface area contributed by atoms with Gasteiger partial charge in [-0.05, 0) is 37.1 Å². The molecule has 6 nitrogen and oxygen atoms in total. The first-order chi connectivity index (χ1) is 10.4. The summed E-state index contributed by atoms with van der Waals surface area (Å²) in [6.07, 6.45) is 0.944. The summed E-state index contributed by atoms with van der Waals surface area (Å²) in [6, 6.07) is 3.54. The van der Waals surface area contributed by atoms with Crippen LogP contribution in [0.4, 0.5) is 4.39 Å². The molecular formula is C14H21FN2O4S. The van der Waals surface area contributed by atoms with Crippen molar-refractivity contribution in [3.8, 4) is 0 Å². The molecule has 1 aromatic carbocycles. The van der Waals surface area contributed by atoms with Gasteiger partial charge in [0, 0.05) is 20.3 Å². The number of rotatable bonds is 9. The zero-order chi connectivity index (χ0) is 16.6. The van der Waals surface area contributed by atoms with Gasteiger partial charge in [0.15, 0.2) is 0 Å². The zero-order valence-corrected chi connectivity index (χ0v) is 13.5. The molecule has 0 aromatic heterocycles. The Labute approximate surface area is 130 Å². The molecule has 1 atom stereocenters. The van der Waals surface area contributed by atoms with Crippen molar-refractivity contribution in [3.63, 3.8) is 0 Å². The number of carbonyl (C=O) groups is 1. The molecule has 0 spiro atoms. The molecule has 124 valence electrons. The number of nitrogens with one attached hydrogen (secondary N) is 2. The van der Waals surface area contributed by atoms with Crippen LogP contribution in [-0.4, -0.2) is 40.6 Å². The minimum absolute atomic E-state index is 0.0838. The third kappa shape index (κ3) is 5.70. The maximum Gasteiger partial charge on any atom is 0.241 e. The van der Waals surface area contributed by atoms with Crippen LogP contribution in [0.1, 0.15) is 19.8 Å². The van der Waals surface area contributed by atoms with Gasteiger partial charge in [0.2, 0.25) is 15.9 Å². The molecule has 1 amide bonds. The summed E-state index contributed by atoms with van der Waals surface area (Å²) < 4.78 is 44.4. The van der Waals surface area contributed by atoms with Crippen LogP contribution in [0.5, 0.6) is 0 Å². The molecule has 0 saturated carbocycles. The topological polar surface area (TPSA) is 84.5 Å². The monoisotopic (exact) mass is 332 g/mol. The minimum atomic E-state index is -3.87. The lowest BCUT2D eigenvalue weighted by Crippen LogP contribution is -2.46. The Morgan fingerprint density at radius 1 is 1.32 bits per heavy atom. The van der Waals surface area contributed by atoms with Crippen LogP contribution in [0.25, 0.3) is 0 Å². The molecule has 0 heterocycles. The largest absolute Gasteiger partial charge is 0.385 e. The number of carbonyl (C=O) groups excluding carboxylic acids is 1. The van der Waals surface area contributed by atoms with Crippen LogP contribution in [-0.2, 0) is 19.6 Å². The standard InChI is InChI=1S/C14H21FN2O4S/c1-3-13(14(18)16-9-4-10-21-2)17-22(19,20)12-7-5-11(15)6-8-12/h5-8,13,17H,3-4,9-10H2,1-2H3,(H,16,18). The van der Waals surface area contributed by atoms with Gasteiger partial charge in [-0.3, -0.25) is 4.79 Å². The van der Waals surface area contributed by atoms with Crippen LogP contribution < -0.4 is 10.0 Å². The highest BCUT2D eigenvalue weighted by Gasteiger charge is 2.24. The lowest BCUT2D eigenvalue weighted by atomic mass is 10.2. The molecule has 2 N–H and O–H groups in total. The maximum atomic E-state index is 12.8. The van der Waals surface area contributed by atoms with Gasteiger partial charge in [0.25, 0.3) is 0 Å². The van der Waals surface area contributed by atoms with Gasteiger partial charge in [-0.25, -0.2) is 12.8 Å². The fourth-order valence-electron chi connectivity index (χ4n) is 1.74. The summed E-state index contributed by atoms with van der Waals surface area (Å²) in [4.78, 5) is 11.9. The third-order valence-corrected chi connectivity index (χ3v) is 4.46. The molecule has 1 unspecified atom stereocenters. The van der Waals surface area contributed by atoms with E-state index in [0.29, 0.717) is 26.0 Å².